The Morgan fingerprint density at radius 1 is 1.22 bits per heavy atom. The van der Waals surface area contributed by atoms with Gasteiger partial charge < -0.3 is 15.7 Å². The number of benzene rings is 1. The molecule has 0 bridgehead atoms. The van der Waals surface area contributed by atoms with Crippen LogP contribution in [0.4, 0.5) is 4.79 Å². The first-order chi connectivity index (χ1) is 11.2. The van der Waals surface area contributed by atoms with Crippen LogP contribution in [0.5, 0.6) is 0 Å². The monoisotopic (exact) mass is 318 g/mol. The van der Waals surface area contributed by atoms with Crippen LogP contribution >= 0.6 is 0 Å². The minimum Gasteiger partial charge on any atom is -0.396 e. The predicted octanol–water partition coefficient (Wildman–Crippen LogP) is 3.25. The van der Waals surface area contributed by atoms with Gasteiger partial charge >= 0.3 is 6.03 Å². The van der Waals surface area contributed by atoms with Crippen LogP contribution < -0.4 is 10.6 Å². The van der Waals surface area contributed by atoms with Gasteiger partial charge in [0, 0.05) is 18.7 Å². The second kappa shape index (κ2) is 9.56. The fraction of sp³-hybridized carbons (Fsp3) is 0.632. The number of amides is 2. The van der Waals surface area contributed by atoms with Crippen LogP contribution in [0.2, 0.25) is 0 Å². The summed E-state index contributed by atoms with van der Waals surface area (Å²) in [6.45, 7) is 2.16. The first-order valence-corrected chi connectivity index (χ1v) is 8.91. The zero-order valence-corrected chi connectivity index (χ0v) is 14.1. The molecular formula is C19H30N2O2. The topological polar surface area (TPSA) is 61.4 Å². The number of rotatable bonds is 8. The van der Waals surface area contributed by atoms with E-state index in [1.54, 1.807) is 0 Å². The minimum atomic E-state index is -0.0803. The molecule has 2 atom stereocenters. The van der Waals surface area contributed by atoms with Crippen molar-refractivity contribution in [1.82, 2.24) is 10.6 Å². The van der Waals surface area contributed by atoms with Gasteiger partial charge in [-0.2, -0.15) is 0 Å². The molecule has 3 N–H and O–H groups in total. The second-order valence-electron chi connectivity index (χ2n) is 6.73. The maximum absolute atomic E-state index is 12.3. The van der Waals surface area contributed by atoms with Crippen LogP contribution in [-0.4, -0.2) is 29.8 Å². The van der Waals surface area contributed by atoms with E-state index in [1.807, 2.05) is 13.0 Å². The highest BCUT2D eigenvalue weighted by molar-refractivity contribution is 5.74. The number of nitrogens with one attached hydrogen (secondary N) is 2. The normalized spacial score (nSPS) is 17.7. The molecule has 0 heterocycles. The Hall–Kier alpha value is -1.55. The molecule has 128 valence electrons. The van der Waals surface area contributed by atoms with Gasteiger partial charge in [0.15, 0.2) is 0 Å². The lowest BCUT2D eigenvalue weighted by atomic mass is 9.92. The van der Waals surface area contributed by atoms with Crippen molar-refractivity contribution < 1.29 is 9.90 Å². The van der Waals surface area contributed by atoms with Crippen molar-refractivity contribution in [3.8, 4) is 0 Å². The fourth-order valence-corrected chi connectivity index (χ4v) is 3.47. The molecule has 23 heavy (non-hydrogen) atoms. The summed E-state index contributed by atoms with van der Waals surface area (Å²) in [5.41, 5.74) is 1.28. The predicted molar refractivity (Wildman–Crippen MR) is 93.3 cm³/mol. The molecule has 4 heteroatoms. The molecule has 2 amide bonds. The number of hydrogen-bond acceptors (Lipinski definition) is 2. The summed E-state index contributed by atoms with van der Waals surface area (Å²) in [7, 11) is 0. The van der Waals surface area contributed by atoms with E-state index >= 15 is 0 Å². The second-order valence-corrected chi connectivity index (χ2v) is 6.73. The summed E-state index contributed by atoms with van der Waals surface area (Å²) in [5.74, 6) is 0.578. The van der Waals surface area contributed by atoms with Gasteiger partial charge in [0.2, 0.25) is 0 Å². The average molecular weight is 318 g/mol. The standard InChI is InChI=1S/C19H30N2O2/c1-15(8-7-13-22)20-19(23)21-18(17-11-5-6-12-17)14-16-9-3-2-4-10-16/h2-4,9-10,15,17-18,22H,5-8,11-14H2,1H3,(H2,20,21,23). The van der Waals surface area contributed by atoms with E-state index < -0.39 is 0 Å². The molecule has 2 unspecified atom stereocenters. The summed E-state index contributed by atoms with van der Waals surface area (Å²) in [6.07, 6.45) is 7.37. The zero-order chi connectivity index (χ0) is 16.5. The Morgan fingerprint density at radius 3 is 2.57 bits per heavy atom. The van der Waals surface area contributed by atoms with E-state index in [1.165, 1.54) is 31.2 Å². The van der Waals surface area contributed by atoms with Crippen LogP contribution in [-0.2, 0) is 6.42 Å². The molecule has 1 aliphatic carbocycles. The van der Waals surface area contributed by atoms with Crippen LogP contribution in [0.15, 0.2) is 30.3 Å². The number of carbonyl (C=O) groups excluding carboxylic acids is 1. The fourth-order valence-electron chi connectivity index (χ4n) is 3.47. The first kappa shape index (κ1) is 17.8. The van der Waals surface area contributed by atoms with Crippen LogP contribution in [0, 0.1) is 5.92 Å². The van der Waals surface area contributed by atoms with Crippen molar-refractivity contribution in [3.63, 3.8) is 0 Å². The Bertz CT molecular complexity index is 458. The van der Waals surface area contributed by atoms with Gasteiger partial charge in [0.05, 0.1) is 0 Å². The van der Waals surface area contributed by atoms with Gasteiger partial charge in [0.1, 0.15) is 0 Å². The van der Waals surface area contributed by atoms with Crippen molar-refractivity contribution in [2.45, 2.75) is 64.0 Å². The highest BCUT2D eigenvalue weighted by atomic mass is 16.3. The smallest absolute Gasteiger partial charge is 0.315 e. The summed E-state index contributed by atoms with van der Waals surface area (Å²) in [5, 5.41) is 15.1. The lowest BCUT2D eigenvalue weighted by Crippen LogP contribution is -2.48. The van der Waals surface area contributed by atoms with Crippen molar-refractivity contribution in [3.05, 3.63) is 35.9 Å². The van der Waals surface area contributed by atoms with Crippen molar-refractivity contribution >= 4 is 6.03 Å². The molecule has 0 aromatic heterocycles. The highest BCUT2D eigenvalue weighted by Gasteiger charge is 2.26. The van der Waals surface area contributed by atoms with Gasteiger partial charge in [-0.15, -0.1) is 0 Å². The Balaban J connectivity index is 1.90. The molecule has 0 saturated heterocycles. The van der Waals surface area contributed by atoms with Crippen LogP contribution in [0.25, 0.3) is 0 Å². The highest BCUT2D eigenvalue weighted by Crippen LogP contribution is 2.29. The van der Waals surface area contributed by atoms with Gasteiger partial charge in [-0.1, -0.05) is 43.2 Å². The van der Waals surface area contributed by atoms with Crippen LogP contribution in [0.1, 0.15) is 51.0 Å². The third kappa shape index (κ3) is 6.22. The molecule has 0 spiro atoms. The maximum Gasteiger partial charge on any atom is 0.315 e. The summed E-state index contributed by atoms with van der Waals surface area (Å²) >= 11 is 0. The quantitative estimate of drug-likeness (QED) is 0.689. The van der Waals surface area contributed by atoms with E-state index in [2.05, 4.69) is 34.9 Å². The molecule has 4 nitrogen and oxygen atoms in total. The number of hydrogen-bond donors (Lipinski definition) is 3. The number of aliphatic hydroxyl groups excluding tert-OH is 1. The third-order valence-electron chi connectivity index (χ3n) is 4.76. The molecule has 2 rings (SSSR count). The van der Waals surface area contributed by atoms with Crippen molar-refractivity contribution in [2.75, 3.05) is 6.61 Å². The third-order valence-corrected chi connectivity index (χ3v) is 4.76. The summed E-state index contributed by atoms with van der Waals surface area (Å²) in [6, 6.07) is 10.6. The number of aliphatic hydroxyl groups is 1. The molecule has 1 fully saturated rings. The molecular weight excluding hydrogens is 288 g/mol. The molecule has 1 aromatic carbocycles. The SMILES string of the molecule is CC(CCCO)NC(=O)NC(Cc1ccccc1)C1CCCC1. The average Bonchev–Trinajstić information content (AvgIpc) is 3.07. The van der Waals surface area contributed by atoms with E-state index in [0.29, 0.717) is 5.92 Å². The Kier molecular flexibility index (Phi) is 7.40. The van der Waals surface area contributed by atoms with Crippen LogP contribution in [0.3, 0.4) is 0 Å². The van der Waals surface area contributed by atoms with Crippen molar-refractivity contribution in [1.29, 1.82) is 0 Å². The molecule has 1 aliphatic rings. The zero-order valence-electron chi connectivity index (χ0n) is 14.1. The lowest BCUT2D eigenvalue weighted by Gasteiger charge is -2.26. The largest absolute Gasteiger partial charge is 0.396 e. The molecule has 0 radical (unpaired) electrons. The van der Waals surface area contributed by atoms with Gasteiger partial charge in [-0.05, 0) is 50.5 Å². The summed E-state index contributed by atoms with van der Waals surface area (Å²) < 4.78 is 0. The lowest BCUT2D eigenvalue weighted by molar-refractivity contribution is 0.224. The minimum absolute atomic E-state index is 0.0803. The first-order valence-electron chi connectivity index (χ1n) is 8.91. The number of carbonyl (C=O) groups is 1. The maximum atomic E-state index is 12.3. The van der Waals surface area contributed by atoms with Crippen molar-refractivity contribution in [2.24, 2.45) is 5.92 Å². The van der Waals surface area contributed by atoms with Gasteiger partial charge in [0.25, 0.3) is 0 Å². The van der Waals surface area contributed by atoms with Gasteiger partial charge in [-0.3, -0.25) is 0 Å². The molecule has 0 aliphatic heterocycles. The van der Waals surface area contributed by atoms with E-state index in [9.17, 15) is 4.79 Å². The Labute approximate surface area is 139 Å². The van der Waals surface area contributed by atoms with E-state index in [0.717, 1.165) is 19.3 Å². The van der Waals surface area contributed by atoms with E-state index in [-0.39, 0.29) is 24.7 Å². The van der Waals surface area contributed by atoms with Gasteiger partial charge in [-0.25, -0.2) is 4.79 Å². The van der Waals surface area contributed by atoms with E-state index in [4.69, 9.17) is 5.11 Å². The Morgan fingerprint density at radius 2 is 1.91 bits per heavy atom. The summed E-state index contributed by atoms with van der Waals surface area (Å²) in [4.78, 5) is 12.3. The molecule has 1 aromatic rings. The molecule has 1 saturated carbocycles. The number of urea groups is 1.